The van der Waals surface area contributed by atoms with Gasteiger partial charge in [0.05, 0.1) is 11.5 Å². The van der Waals surface area contributed by atoms with E-state index in [9.17, 15) is 9.59 Å². The first kappa shape index (κ1) is 20.8. The van der Waals surface area contributed by atoms with Crippen molar-refractivity contribution in [1.29, 1.82) is 0 Å². The van der Waals surface area contributed by atoms with Crippen LogP contribution >= 0.6 is 24.2 Å². The van der Waals surface area contributed by atoms with Crippen LogP contribution in [-0.2, 0) is 9.59 Å². The van der Waals surface area contributed by atoms with Gasteiger partial charge >= 0.3 is 0 Å². The lowest BCUT2D eigenvalue weighted by Gasteiger charge is -2.12. The fraction of sp³-hybridized carbons (Fsp3) is 0.615. The number of anilines is 1. The zero-order chi connectivity index (χ0) is 15.7. The molecule has 0 saturated heterocycles. The zero-order valence-corrected chi connectivity index (χ0v) is 14.6. The second-order valence-electron chi connectivity index (χ2n) is 4.63. The molecule has 1 aromatic heterocycles. The molecule has 0 fully saturated rings. The molecule has 0 unspecified atom stereocenters. The lowest BCUT2D eigenvalue weighted by Crippen LogP contribution is -2.39. The molecule has 0 saturated carbocycles. The van der Waals surface area contributed by atoms with Gasteiger partial charge in [0.2, 0.25) is 11.8 Å². The van der Waals surface area contributed by atoms with Gasteiger partial charge in [-0.2, -0.15) is 0 Å². The van der Waals surface area contributed by atoms with Crippen LogP contribution in [-0.4, -0.2) is 47.6 Å². The number of nitrogens with one attached hydrogen (secondary N) is 3. The number of likely N-dealkylation sites (N-methyl/N-ethyl adjacent to an activating group) is 1. The predicted octanol–water partition coefficient (Wildman–Crippen LogP) is 1.19. The van der Waals surface area contributed by atoms with E-state index < -0.39 is 0 Å². The molecular formula is C13H23ClN4O3S. The van der Waals surface area contributed by atoms with Crippen molar-refractivity contribution in [2.75, 3.05) is 29.9 Å². The second-order valence-corrected chi connectivity index (χ2v) is 5.61. The zero-order valence-electron chi connectivity index (χ0n) is 13.0. The van der Waals surface area contributed by atoms with Crippen LogP contribution in [0, 0.1) is 6.92 Å². The van der Waals surface area contributed by atoms with Crippen molar-refractivity contribution < 1.29 is 14.1 Å². The number of halogens is 1. The van der Waals surface area contributed by atoms with Crippen LogP contribution in [0.4, 0.5) is 5.82 Å². The van der Waals surface area contributed by atoms with E-state index in [1.54, 1.807) is 13.0 Å². The van der Waals surface area contributed by atoms with Gasteiger partial charge in [0, 0.05) is 18.7 Å². The number of rotatable bonds is 9. The van der Waals surface area contributed by atoms with Crippen LogP contribution < -0.4 is 16.0 Å². The molecule has 0 aromatic carbocycles. The van der Waals surface area contributed by atoms with Crippen LogP contribution in [0.5, 0.6) is 0 Å². The van der Waals surface area contributed by atoms with E-state index in [2.05, 4.69) is 21.1 Å². The summed E-state index contributed by atoms with van der Waals surface area (Å²) >= 11 is 1.26. The number of thioether (sulfide) groups is 1. The highest BCUT2D eigenvalue weighted by atomic mass is 35.5. The van der Waals surface area contributed by atoms with Gasteiger partial charge in [-0.15, -0.1) is 24.2 Å². The van der Waals surface area contributed by atoms with Crippen LogP contribution in [0.1, 0.15) is 19.6 Å². The van der Waals surface area contributed by atoms with Gasteiger partial charge < -0.3 is 20.5 Å². The summed E-state index contributed by atoms with van der Waals surface area (Å²) in [7, 11) is 0. The molecule has 22 heavy (non-hydrogen) atoms. The molecule has 1 atom stereocenters. The molecule has 1 rings (SSSR count). The number of carbonyl (C=O) groups excluding carboxylic acids is 2. The molecule has 3 N–H and O–H groups in total. The smallest absolute Gasteiger partial charge is 0.235 e. The number of aromatic nitrogens is 1. The monoisotopic (exact) mass is 350 g/mol. The van der Waals surface area contributed by atoms with Crippen molar-refractivity contribution in [2.45, 2.75) is 26.8 Å². The molecule has 0 aliphatic carbocycles. The van der Waals surface area contributed by atoms with Gasteiger partial charge in [0.25, 0.3) is 0 Å². The number of hydrogen-bond acceptors (Lipinski definition) is 6. The highest BCUT2D eigenvalue weighted by molar-refractivity contribution is 8.00. The maximum absolute atomic E-state index is 11.6. The van der Waals surface area contributed by atoms with Crippen molar-refractivity contribution in [1.82, 2.24) is 15.8 Å². The van der Waals surface area contributed by atoms with Gasteiger partial charge in [-0.25, -0.2) is 0 Å². The molecule has 0 bridgehead atoms. The molecule has 7 nitrogen and oxygen atoms in total. The van der Waals surface area contributed by atoms with E-state index in [0.717, 1.165) is 6.54 Å². The standard InChI is InChI=1S/C13H22N4O3S.ClH/c1-4-14-9(2)6-15-12(18)7-21-8-13(19)16-11-5-10(3)20-17-11;/h5,9,14H,4,6-8H2,1-3H3,(H,15,18)(H,16,17,19);1H/t9-;/m1./s1. The average molecular weight is 351 g/mol. The Labute approximate surface area is 140 Å². The Bertz CT molecular complexity index is 470. The van der Waals surface area contributed by atoms with Gasteiger partial charge in [0.15, 0.2) is 5.82 Å². The lowest BCUT2D eigenvalue weighted by molar-refractivity contribution is -0.118. The van der Waals surface area contributed by atoms with E-state index in [1.165, 1.54) is 11.8 Å². The van der Waals surface area contributed by atoms with E-state index in [-0.39, 0.29) is 41.8 Å². The average Bonchev–Trinajstić information content (AvgIpc) is 2.82. The fourth-order valence-electron chi connectivity index (χ4n) is 1.58. The Kier molecular flexibility index (Phi) is 10.7. The molecule has 0 aliphatic rings. The van der Waals surface area contributed by atoms with E-state index in [4.69, 9.17) is 4.52 Å². The number of hydrogen-bond donors (Lipinski definition) is 3. The quantitative estimate of drug-likeness (QED) is 0.619. The molecule has 2 amide bonds. The second kappa shape index (κ2) is 11.3. The van der Waals surface area contributed by atoms with Crippen molar-refractivity contribution in [3.8, 4) is 0 Å². The van der Waals surface area contributed by atoms with Crippen LogP contribution in [0.3, 0.4) is 0 Å². The number of aryl methyl sites for hydroxylation is 1. The number of nitrogens with zero attached hydrogens (tertiary/aromatic N) is 1. The highest BCUT2D eigenvalue weighted by Gasteiger charge is 2.09. The van der Waals surface area contributed by atoms with Crippen LogP contribution in [0.25, 0.3) is 0 Å². The molecule has 0 radical (unpaired) electrons. The molecule has 126 valence electrons. The van der Waals surface area contributed by atoms with Gasteiger partial charge in [-0.05, 0) is 20.4 Å². The summed E-state index contributed by atoms with van der Waals surface area (Å²) in [5.74, 6) is 1.19. The van der Waals surface area contributed by atoms with Crippen molar-refractivity contribution >= 4 is 41.8 Å². The molecule has 0 spiro atoms. The van der Waals surface area contributed by atoms with E-state index in [1.807, 2.05) is 13.8 Å². The van der Waals surface area contributed by atoms with E-state index in [0.29, 0.717) is 18.1 Å². The summed E-state index contributed by atoms with van der Waals surface area (Å²) < 4.78 is 4.84. The van der Waals surface area contributed by atoms with Crippen molar-refractivity contribution in [2.24, 2.45) is 0 Å². The SMILES string of the molecule is CCN[C@H](C)CNC(=O)CSCC(=O)Nc1cc(C)on1.Cl. The minimum absolute atomic E-state index is 0. The third-order valence-electron chi connectivity index (χ3n) is 2.52. The van der Waals surface area contributed by atoms with Crippen molar-refractivity contribution in [3.05, 3.63) is 11.8 Å². The lowest BCUT2D eigenvalue weighted by atomic mass is 10.3. The summed E-state index contributed by atoms with van der Waals surface area (Å²) in [5.41, 5.74) is 0. The third-order valence-corrected chi connectivity index (χ3v) is 3.45. The first-order valence-corrected chi connectivity index (χ1v) is 7.97. The predicted molar refractivity (Wildman–Crippen MR) is 90.6 cm³/mol. The van der Waals surface area contributed by atoms with Crippen molar-refractivity contribution in [3.63, 3.8) is 0 Å². The maximum atomic E-state index is 11.6. The third kappa shape index (κ3) is 8.91. The summed E-state index contributed by atoms with van der Waals surface area (Å²) in [6.07, 6.45) is 0. The van der Waals surface area contributed by atoms with Gasteiger partial charge in [-0.3, -0.25) is 9.59 Å². The number of amides is 2. The van der Waals surface area contributed by atoms with E-state index >= 15 is 0 Å². The molecule has 9 heteroatoms. The Hall–Kier alpha value is -1.25. The normalized spacial score (nSPS) is 11.4. The maximum Gasteiger partial charge on any atom is 0.235 e. The van der Waals surface area contributed by atoms with Crippen LogP contribution in [0.2, 0.25) is 0 Å². The largest absolute Gasteiger partial charge is 0.360 e. The molecule has 1 aromatic rings. The van der Waals surface area contributed by atoms with Gasteiger partial charge in [0.1, 0.15) is 5.76 Å². The summed E-state index contributed by atoms with van der Waals surface area (Å²) in [5, 5.41) is 12.3. The molecule has 0 aliphatic heterocycles. The first-order chi connectivity index (χ1) is 10.0. The van der Waals surface area contributed by atoms with Crippen LogP contribution in [0.15, 0.2) is 10.6 Å². The Morgan fingerprint density at radius 3 is 2.64 bits per heavy atom. The first-order valence-electron chi connectivity index (χ1n) is 6.82. The Morgan fingerprint density at radius 1 is 1.36 bits per heavy atom. The Balaban J connectivity index is 0.00000441. The Morgan fingerprint density at radius 2 is 2.05 bits per heavy atom. The highest BCUT2D eigenvalue weighted by Crippen LogP contribution is 2.08. The van der Waals surface area contributed by atoms with Gasteiger partial charge in [-0.1, -0.05) is 12.1 Å². The summed E-state index contributed by atoms with van der Waals surface area (Å²) in [4.78, 5) is 23.2. The minimum Gasteiger partial charge on any atom is -0.360 e. The topological polar surface area (TPSA) is 96.3 Å². The summed E-state index contributed by atoms with van der Waals surface area (Å²) in [6, 6.07) is 1.87. The number of carbonyl (C=O) groups is 2. The fourth-order valence-corrected chi connectivity index (χ4v) is 2.23. The molecular weight excluding hydrogens is 328 g/mol. The minimum atomic E-state index is -0.206. The summed E-state index contributed by atoms with van der Waals surface area (Å²) in [6.45, 7) is 7.22. The molecule has 1 heterocycles.